The lowest BCUT2D eigenvalue weighted by Crippen LogP contribution is -2.23. The van der Waals surface area contributed by atoms with Gasteiger partial charge in [0.2, 0.25) is 5.75 Å². The number of hydrogen-bond acceptors (Lipinski definition) is 5. The van der Waals surface area contributed by atoms with Crippen molar-refractivity contribution < 1.29 is 19.0 Å². The van der Waals surface area contributed by atoms with Gasteiger partial charge in [0, 0.05) is 17.1 Å². The Morgan fingerprint density at radius 2 is 1.71 bits per heavy atom. The zero-order valence-corrected chi connectivity index (χ0v) is 16.5. The molecular weight excluding hydrogens is 382 g/mol. The van der Waals surface area contributed by atoms with Crippen molar-refractivity contribution in [1.82, 2.24) is 15.5 Å². The summed E-state index contributed by atoms with van der Waals surface area (Å²) in [6, 6.07) is 10.7. The molecule has 0 atom stereocenters. The van der Waals surface area contributed by atoms with Crippen LogP contribution in [0.3, 0.4) is 0 Å². The lowest BCUT2D eigenvalue weighted by Gasteiger charge is -2.14. The van der Waals surface area contributed by atoms with Crippen molar-refractivity contribution in [3.63, 3.8) is 0 Å². The highest BCUT2D eigenvalue weighted by atomic mass is 35.5. The van der Waals surface area contributed by atoms with Gasteiger partial charge in [-0.25, -0.2) is 0 Å². The maximum atomic E-state index is 12.7. The van der Waals surface area contributed by atoms with Crippen LogP contribution in [0.25, 0.3) is 11.3 Å². The van der Waals surface area contributed by atoms with Gasteiger partial charge in [0.15, 0.2) is 11.5 Å². The van der Waals surface area contributed by atoms with Crippen LogP contribution in [-0.4, -0.2) is 37.4 Å². The topological polar surface area (TPSA) is 85.5 Å². The third-order valence-electron chi connectivity index (χ3n) is 4.19. The van der Waals surface area contributed by atoms with Crippen molar-refractivity contribution >= 4 is 17.5 Å². The number of halogens is 1. The number of amides is 1. The Labute approximate surface area is 167 Å². The van der Waals surface area contributed by atoms with Crippen LogP contribution in [0.2, 0.25) is 5.02 Å². The monoisotopic (exact) mass is 401 g/mol. The van der Waals surface area contributed by atoms with Crippen molar-refractivity contribution in [3.05, 3.63) is 58.7 Å². The fourth-order valence-electron chi connectivity index (χ4n) is 2.81. The van der Waals surface area contributed by atoms with Crippen molar-refractivity contribution in [1.29, 1.82) is 0 Å². The summed E-state index contributed by atoms with van der Waals surface area (Å²) in [6.45, 7) is 0.279. The van der Waals surface area contributed by atoms with E-state index >= 15 is 0 Å². The SMILES string of the molecule is COc1cc(CNC(=O)c2cn[nH]c2-c2ccc(Cl)cc2)cc(OC)c1OC. The molecule has 0 saturated heterocycles. The van der Waals surface area contributed by atoms with Gasteiger partial charge in [0.25, 0.3) is 5.91 Å². The van der Waals surface area contributed by atoms with Crippen molar-refractivity contribution in [2.24, 2.45) is 0 Å². The maximum absolute atomic E-state index is 12.7. The van der Waals surface area contributed by atoms with Crippen molar-refractivity contribution in [2.75, 3.05) is 21.3 Å². The number of methoxy groups -OCH3 is 3. The molecule has 0 spiro atoms. The van der Waals surface area contributed by atoms with Gasteiger partial charge >= 0.3 is 0 Å². The molecule has 28 heavy (non-hydrogen) atoms. The molecule has 3 aromatic rings. The van der Waals surface area contributed by atoms with E-state index in [9.17, 15) is 4.79 Å². The predicted octanol–water partition coefficient (Wildman–Crippen LogP) is 3.69. The standard InChI is InChI=1S/C20H20ClN3O4/c1-26-16-8-12(9-17(27-2)19(16)28-3)10-22-20(25)15-11-23-24-18(15)13-4-6-14(21)7-5-13/h4-9,11H,10H2,1-3H3,(H,22,25)(H,23,24). The van der Waals surface area contributed by atoms with Crippen LogP contribution in [0.15, 0.2) is 42.6 Å². The van der Waals surface area contributed by atoms with E-state index in [0.717, 1.165) is 11.1 Å². The summed E-state index contributed by atoms with van der Waals surface area (Å²) < 4.78 is 16.0. The molecule has 7 nitrogen and oxygen atoms in total. The van der Waals surface area contributed by atoms with Gasteiger partial charge in [0.05, 0.1) is 38.8 Å². The summed E-state index contributed by atoms with van der Waals surface area (Å²) in [5.41, 5.74) is 2.69. The van der Waals surface area contributed by atoms with Crippen LogP contribution >= 0.6 is 11.6 Å². The fourth-order valence-corrected chi connectivity index (χ4v) is 2.94. The van der Waals surface area contributed by atoms with Crippen molar-refractivity contribution in [2.45, 2.75) is 6.54 Å². The van der Waals surface area contributed by atoms with Gasteiger partial charge in [-0.2, -0.15) is 5.10 Å². The quantitative estimate of drug-likeness (QED) is 0.630. The Balaban J connectivity index is 1.78. The Morgan fingerprint density at radius 1 is 1.07 bits per heavy atom. The average Bonchev–Trinajstić information content (AvgIpc) is 3.21. The lowest BCUT2D eigenvalue weighted by atomic mass is 10.1. The fraction of sp³-hybridized carbons (Fsp3) is 0.200. The molecule has 3 rings (SSSR count). The molecule has 0 fully saturated rings. The zero-order valence-electron chi connectivity index (χ0n) is 15.7. The molecule has 2 aromatic carbocycles. The number of rotatable bonds is 7. The van der Waals surface area contributed by atoms with Gasteiger partial charge < -0.3 is 19.5 Å². The van der Waals surface area contributed by atoms with E-state index in [0.29, 0.717) is 33.5 Å². The van der Waals surface area contributed by atoms with E-state index in [1.807, 2.05) is 12.1 Å². The van der Waals surface area contributed by atoms with Gasteiger partial charge in [-0.1, -0.05) is 23.7 Å². The molecule has 1 heterocycles. The van der Waals surface area contributed by atoms with Crippen LogP contribution in [0, 0.1) is 0 Å². The maximum Gasteiger partial charge on any atom is 0.255 e. The molecule has 0 aliphatic heterocycles. The molecule has 0 aliphatic rings. The first kappa shape index (κ1) is 19.6. The van der Waals surface area contributed by atoms with Gasteiger partial charge in [-0.05, 0) is 29.8 Å². The van der Waals surface area contributed by atoms with E-state index in [2.05, 4.69) is 15.5 Å². The number of carbonyl (C=O) groups is 1. The number of carbonyl (C=O) groups excluding carboxylic acids is 1. The summed E-state index contributed by atoms with van der Waals surface area (Å²) >= 11 is 5.93. The Bertz CT molecular complexity index is 945. The van der Waals surface area contributed by atoms with E-state index in [1.165, 1.54) is 6.20 Å². The Hall–Kier alpha value is -3.19. The number of aromatic nitrogens is 2. The van der Waals surface area contributed by atoms with E-state index < -0.39 is 0 Å². The highest BCUT2D eigenvalue weighted by molar-refractivity contribution is 6.30. The molecular formula is C20H20ClN3O4. The average molecular weight is 402 g/mol. The molecule has 1 amide bonds. The molecule has 0 unspecified atom stereocenters. The molecule has 146 valence electrons. The zero-order chi connectivity index (χ0) is 20.1. The highest BCUT2D eigenvalue weighted by Gasteiger charge is 2.17. The normalized spacial score (nSPS) is 10.4. The van der Waals surface area contributed by atoms with Crippen LogP contribution in [0.1, 0.15) is 15.9 Å². The number of H-pyrrole nitrogens is 1. The third-order valence-corrected chi connectivity index (χ3v) is 4.45. The largest absolute Gasteiger partial charge is 0.493 e. The summed E-state index contributed by atoms with van der Waals surface area (Å²) in [7, 11) is 4.63. The summed E-state index contributed by atoms with van der Waals surface area (Å²) in [5, 5.41) is 10.4. The summed E-state index contributed by atoms with van der Waals surface area (Å²) in [4.78, 5) is 12.7. The minimum Gasteiger partial charge on any atom is -0.493 e. The second-order valence-corrected chi connectivity index (χ2v) is 6.32. The third kappa shape index (κ3) is 4.04. The predicted molar refractivity (Wildman–Crippen MR) is 106 cm³/mol. The smallest absolute Gasteiger partial charge is 0.255 e. The molecule has 2 N–H and O–H groups in total. The number of nitrogens with zero attached hydrogens (tertiary/aromatic N) is 1. The van der Waals surface area contributed by atoms with E-state index in [-0.39, 0.29) is 12.5 Å². The van der Waals surface area contributed by atoms with Crippen LogP contribution < -0.4 is 19.5 Å². The van der Waals surface area contributed by atoms with Gasteiger partial charge in [-0.15, -0.1) is 0 Å². The second kappa shape index (κ2) is 8.67. The van der Waals surface area contributed by atoms with Crippen LogP contribution in [0.4, 0.5) is 0 Å². The molecule has 0 aliphatic carbocycles. The molecule has 0 saturated carbocycles. The Morgan fingerprint density at radius 3 is 2.29 bits per heavy atom. The first-order valence-electron chi connectivity index (χ1n) is 8.43. The summed E-state index contributed by atoms with van der Waals surface area (Å²) in [6.07, 6.45) is 1.49. The molecule has 1 aromatic heterocycles. The molecule has 0 radical (unpaired) electrons. The van der Waals surface area contributed by atoms with Crippen LogP contribution in [0.5, 0.6) is 17.2 Å². The number of hydrogen-bond donors (Lipinski definition) is 2. The Kier molecular flexibility index (Phi) is 6.06. The minimum atomic E-state index is -0.257. The van der Waals surface area contributed by atoms with Crippen molar-refractivity contribution in [3.8, 4) is 28.5 Å². The number of nitrogens with one attached hydrogen (secondary N) is 2. The second-order valence-electron chi connectivity index (χ2n) is 5.88. The van der Waals surface area contributed by atoms with E-state index in [4.69, 9.17) is 25.8 Å². The molecule has 8 heteroatoms. The first-order valence-corrected chi connectivity index (χ1v) is 8.81. The molecule has 0 bridgehead atoms. The number of aromatic amines is 1. The lowest BCUT2D eigenvalue weighted by molar-refractivity contribution is 0.0951. The highest BCUT2D eigenvalue weighted by Crippen LogP contribution is 2.38. The number of ether oxygens (including phenoxy) is 3. The first-order chi connectivity index (χ1) is 13.6. The number of benzene rings is 2. The van der Waals surface area contributed by atoms with E-state index in [1.54, 1.807) is 45.6 Å². The summed E-state index contributed by atoms with van der Waals surface area (Å²) in [5.74, 6) is 1.29. The van der Waals surface area contributed by atoms with Crippen LogP contribution in [-0.2, 0) is 6.54 Å². The minimum absolute atomic E-state index is 0.257. The van der Waals surface area contributed by atoms with Gasteiger partial charge in [0.1, 0.15) is 0 Å². The van der Waals surface area contributed by atoms with Gasteiger partial charge in [-0.3, -0.25) is 9.89 Å².